The van der Waals surface area contributed by atoms with Gasteiger partial charge in [-0.25, -0.2) is 4.79 Å². The molecule has 0 N–H and O–H groups in total. The lowest BCUT2D eigenvalue weighted by atomic mass is 10.2. The van der Waals surface area contributed by atoms with E-state index in [-0.39, 0.29) is 0 Å². The van der Waals surface area contributed by atoms with E-state index in [4.69, 9.17) is 0 Å². The van der Waals surface area contributed by atoms with Crippen molar-refractivity contribution in [2.45, 2.75) is 0 Å². The number of para-hydroxylation sites is 1. The Morgan fingerprint density at radius 3 is 2.83 bits per heavy atom. The summed E-state index contributed by atoms with van der Waals surface area (Å²) in [5.41, 5.74) is 0.405. The van der Waals surface area contributed by atoms with Gasteiger partial charge in [-0.3, -0.25) is 4.79 Å². The molecule has 4 nitrogen and oxygen atoms in total. The van der Waals surface area contributed by atoms with Gasteiger partial charge in [0.2, 0.25) is 0 Å². The lowest BCUT2D eigenvalue weighted by Gasteiger charge is -1.85. The molecule has 0 saturated carbocycles. The molecule has 1 aliphatic heterocycles. The van der Waals surface area contributed by atoms with Crippen molar-refractivity contribution in [3.63, 3.8) is 0 Å². The molecular formula is C8H4N2O2. The Hall–Kier alpha value is -1.84. The van der Waals surface area contributed by atoms with Gasteiger partial charge in [0.15, 0.2) is 6.29 Å². The second-order valence-corrected chi connectivity index (χ2v) is 2.34. The number of aldehydes is 1. The summed E-state index contributed by atoms with van der Waals surface area (Å²) in [6.07, 6.45) is 0.663. The summed E-state index contributed by atoms with van der Waals surface area (Å²) < 4.78 is 0. The van der Waals surface area contributed by atoms with Crippen molar-refractivity contribution in [1.82, 2.24) is 0 Å². The predicted molar refractivity (Wildman–Crippen MR) is 39.5 cm³/mol. The first kappa shape index (κ1) is 6.84. The highest BCUT2D eigenvalue weighted by atomic mass is 16.2. The molecule has 4 heteroatoms. The van der Waals surface area contributed by atoms with Gasteiger partial charge >= 0.3 is 6.03 Å². The molecule has 0 bridgehead atoms. The number of amides is 2. The third-order valence-electron chi connectivity index (χ3n) is 1.60. The standard InChI is InChI=1S/C8H4N2O2/c11-4-5-2-1-3-6-7(5)10-8(12)9-6/h1-4H. The number of fused-ring (bicyclic) bond motifs is 1. The molecule has 0 fully saturated rings. The van der Waals surface area contributed by atoms with Crippen molar-refractivity contribution in [3.8, 4) is 0 Å². The highest BCUT2D eigenvalue weighted by molar-refractivity contribution is 5.80. The van der Waals surface area contributed by atoms with Crippen LogP contribution in [-0.2, 0) is 0 Å². The van der Waals surface area contributed by atoms with Crippen molar-refractivity contribution in [1.29, 1.82) is 0 Å². The third kappa shape index (κ3) is 0.852. The average molecular weight is 160 g/mol. The Labute approximate surface area is 67.3 Å². The van der Waals surface area contributed by atoms with Gasteiger partial charge in [-0.15, -0.1) is 0 Å². The lowest BCUT2D eigenvalue weighted by molar-refractivity contribution is 0.112. The van der Waals surface area contributed by atoms with Gasteiger partial charge in [-0.1, -0.05) is 6.07 Å². The Morgan fingerprint density at radius 1 is 1.25 bits per heavy atom. The minimum absolute atomic E-state index is 0.387. The van der Waals surface area contributed by atoms with Crippen LogP contribution in [0.4, 0.5) is 4.79 Å². The molecule has 1 aromatic rings. The van der Waals surface area contributed by atoms with Crippen LogP contribution in [0, 0.1) is 0 Å². The quantitative estimate of drug-likeness (QED) is 0.537. The zero-order chi connectivity index (χ0) is 8.55. The number of carbonyl (C=O) groups excluding carboxylic acids is 2. The zero-order valence-electron chi connectivity index (χ0n) is 6.02. The molecule has 2 rings (SSSR count). The van der Waals surface area contributed by atoms with Gasteiger partial charge in [-0.05, 0) is 12.1 Å². The summed E-state index contributed by atoms with van der Waals surface area (Å²) in [5, 5.41) is 0.863. The van der Waals surface area contributed by atoms with Crippen LogP contribution >= 0.6 is 0 Å². The Kier molecular flexibility index (Phi) is 1.33. The largest absolute Gasteiger partial charge is 0.368 e. The predicted octanol–water partition coefficient (Wildman–Crippen LogP) is -0.128. The van der Waals surface area contributed by atoms with Crippen LogP contribution in [0.3, 0.4) is 0 Å². The molecule has 12 heavy (non-hydrogen) atoms. The molecule has 1 aliphatic rings. The number of hydrogen-bond acceptors (Lipinski definition) is 2. The van der Waals surface area contributed by atoms with Crippen LogP contribution in [0.1, 0.15) is 10.4 Å². The van der Waals surface area contributed by atoms with Crippen LogP contribution < -0.4 is 10.7 Å². The summed E-state index contributed by atoms with van der Waals surface area (Å²) in [7, 11) is 0. The minimum Gasteiger partial charge on any atom is -0.298 e. The Morgan fingerprint density at radius 2 is 2.08 bits per heavy atom. The highest BCUT2D eigenvalue weighted by Crippen LogP contribution is 1.88. The number of urea groups is 1. The SMILES string of the molecule is O=Cc1cccc2c1=NC(=O)N=2. The summed E-state index contributed by atoms with van der Waals surface area (Å²) >= 11 is 0. The molecular weight excluding hydrogens is 156 g/mol. The van der Waals surface area contributed by atoms with Crippen LogP contribution in [0.5, 0.6) is 0 Å². The smallest absolute Gasteiger partial charge is 0.298 e. The molecule has 58 valence electrons. The Balaban J connectivity index is 2.93. The summed E-state index contributed by atoms with van der Waals surface area (Å²) in [4.78, 5) is 28.4. The maximum Gasteiger partial charge on any atom is 0.368 e. The molecule has 0 saturated heterocycles. The van der Waals surface area contributed by atoms with E-state index in [1.165, 1.54) is 0 Å². The first-order valence-electron chi connectivity index (χ1n) is 3.37. The van der Waals surface area contributed by atoms with E-state index in [1.54, 1.807) is 18.2 Å². The van der Waals surface area contributed by atoms with Crippen LogP contribution in [0.15, 0.2) is 28.2 Å². The molecule has 0 unspecified atom stereocenters. The number of benzene rings is 1. The second-order valence-electron chi connectivity index (χ2n) is 2.34. The van der Waals surface area contributed by atoms with E-state index in [1.807, 2.05) is 0 Å². The van der Waals surface area contributed by atoms with Crippen molar-refractivity contribution in [2.24, 2.45) is 9.98 Å². The van der Waals surface area contributed by atoms with E-state index in [0.717, 1.165) is 0 Å². The number of nitrogens with zero attached hydrogens (tertiary/aromatic N) is 2. The summed E-state index contributed by atoms with van der Waals surface area (Å²) in [6, 6.07) is 4.37. The molecule has 0 spiro atoms. The molecule has 0 radical (unpaired) electrons. The maximum absolute atomic E-state index is 10.7. The van der Waals surface area contributed by atoms with Crippen molar-refractivity contribution < 1.29 is 9.59 Å². The monoisotopic (exact) mass is 160 g/mol. The molecule has 0 atom stereocenters. The van der Waals surface area contributed by atoms with Gasteiger partial charge in [0.05, 0.1) is 5.36 Å². The first-order valence-corrected chi connectivity index (χ1v) is 3.37. The van der Waals surface area contributed by atoms with Gasteiger partial charge in [0.1, 0.15) is 5.36 Å². The van der Waals surface area contributed by atoms with Crippen LogP contribution in [0.25, 0.3) is 0 Å². The van der Waals surface area contributed by atoms with E-state index in [0.29, 0.717) is 22.6 Å². The molecule has 0 aromatic heterocycles. The first-order chi connectivity index (χ1) is 5.81. The van der Waals surface area contributed by atoms with Crippen LogP contribution in [-0.4, -0.2) is 12.3 Å². The summed E-state index contributed by atoms with van der Waals surface area (Å²) in [5.74, 6) is 0. The summed E-state index contributed by atoms with van der Waals surface area (Å²) in [6.45, 7) is 0. The van der Waals surface area contributed by atoms with E-state index in [2.05, 4.69) is 9.98 Å². The van der Waals surface area contributed by atoms with Crippen LogP contribution in [0.2, 0.25) is 0 Å². The fourth-order valence-corrected chi connectivity index (χ4v) is 1.08. The molecule has 2 amide bonds. The minimum atomic E-state index is -0.542. The fraction of sp³-hybridized carbons (Fsp3) is 0. The lowest BCUT2D eigenvalue weighted by Crippen LogP contribution is -2.25. The molecule has 1 aromatic carbocycles. The number of rotatable bonds is 1. The van der Waals surface area contributed by atoms with Crippen molar-refractivity contribution in [2.75, 3.05) is 0 Å². The van der Waals surface area contributed by atoms with Gasteiger partial charge < -0.3 is 0 Å². The van der Waals surface area contributed by atoms with E-state index < -0.39 is 6.03 Å². The maximum atomic E-state index is 10.7. The van der Waals surface area contributed by atoms with Gasteiger partial charge in [0.25, 0.3) is 0 Å². The van der Waals surface area contributed by atoms with Gasteiger partial charge in [0, 0.05) is 5.56 Å². The molecule has 0 aliphatic carbocycles. The third-order valence-corrected chi connectivity index (χ3v) is 1.60. The Bertz CT molecular complexity index is 476. The van der Waals surface area contributed by atoms with Crippen molar-refractivity contribution in [3.05, 3.63) is 34.5 Å². The number of hydrogen-bond donors (Lipinski definition) is 0. The average Bonchev–Trinajstić information content (AvgIpc) is 2.44. The van der Waals surface area contributed by atoms with Crippen molar-refractivity contribution >= 4 is 12.3 Å². The topological polar surface area (TPSA) is 58.9 Å². The molecule has 1 heterocycles. The normalized spacial score (nSPS) is 13.2. The second kappa shape index (κ2) is 2.34. The van der Waals surface area contributed by atoms with E-state index >= 15 is 0 Å². The highest BCUT2D eigenvalue weighted by Gasteiger charge is 2.06. The fourth-order valence-electron chi connectivity index (χ4n) is 1.08. The zero-order valence-corrected chi connectivity index (χ0v) is 6.02. The van der Waals surface area contributed by atoms with Gasteiger partial charge in [-0.2, -0.15) is 9.98 Å². The number of carbonyl (C=O) groups is 2. The van der Waals surface area contributed by atoms with E-state index in [9.17, 15) is 9.59 Å².